The summed E-state index contributed by atoms with van der Waals surface area (Å²) in [7, 11) is 0. The van der Waals surface area contributed by atoms with Crippen molar-refractivity contribution in [2.45, 2.75) is 12.6 Å². The molecule has 3 rings (SSSR count). The number of furan rings is 1. The molecule has 0 saturated heterocycles. The zero-order chi connectivity index (χ0) is 21.9. The molecule has 0 fully saturated rings. The molecule has 0 radical (unpaired) electrons. The second kappa shape index (κ2) is 8.81. The second-order valence-electron chi connectivity index (χ2n) is 6.16. The summed E-state index contributed by atoms with van der Waals surface area (Å²) in [6.07, 6.45) is -3.70. The SMILES string of the molecule is O=C(Cc1ccc(Cl)c(Cl)c1)Nc1ccc(NC(=O)c2ccco2)cc1C(F)(F)F. The van der Waals surface area contributed by atoms with Crippen LogP contribution in [0, 0.1) is 0 Å². The van der Waals surface area contributed by atoms with Crippen LogP contribution in [0.4, 0.5) is 24.5 Å². The number of hydrogen-bond donors (Lipinski definition) is 2. The quantitative estimate of drug-likeness (QED) is 0.491. The molecule has 2 amide bonds. The highest BCUT2D eigenvalue weighted by Crippen LogP contribution is 2.37. The van der Waals surface area contributed by atoms with Gasteiger partial charge < -0.3 is 15.1 Å². The number of carbonyl (C=O) groups excluding carboxylic acids is 2. The third kappa shape index (κ3) is 5.34. The fraction of sp³-hybridized carbons (Fsp3) is 0.100. The molecule has 5 nitrogen and oxygen atoms in total. The number of benzene rings is 2. The predicted molar refractivity (Wildman–Crippen MR) is 107 cm³/mol. The summed E-state index contributed by atoms with van der Waals surface area (Å²) in [6.45, 7) is 0. The number of carbonyl (C=O) groups is 2. The molecule has 0 aliphatic heterocycles. The number of hydrogen-bond acceptors (Lipinski definition) is 3. The number of halogens is 5. The van der Waals surface area contributed by atoms with Crippen molar-refractivity contribution in [3.05, 3.63) is 81.7 Å². The average molecular weight is 457 g/mol. The van der Waals surface area contributed by atoms with Gasteiger partial charge in [0.05, 0.1) is 34.0 Å². The van der Waals surface area contributed by atoms with Gasteiger partial charge in [0, 0.05) is 5.69 Å². The predicted octanol–water partition coefficient (Wildman–Crippen LogP) is 6.04. The van der Waals surface area contributed by atoms with Gasteiger partial charge in [0.2, 0.25) is 5.91 Å². The molecule has 0 unspecified atom stereocenters. The lowest BCUT2D eigenvalue weighted by Gasteiger charge is -2.16. The zero-order valence-corrected chi connectivity index (χ0v) is 16.5. The van der Waals surface area contributed by atoms with Gasteiger partial charge in [-0.2, -0.15) is 13.2 Å². The van der Waals surface area contributed by atoms with Crippen LogP contribution in [0.1, 0.15) is 21.7 Å². The van der Waals surface area contributed by atoms with Crippen LogP contribution in [0.25, 0.3) is 0 Å². The van der Waals surface area contributed by atoms with Crippen LogP contribution in [0.3, 0.4) is 0 Å². The van der Waals surface area contributed by atoms with Crippen LogP contribution in [0.2, 0.25) is 10.0 Å². The fourth-order valence-electron chi connectivity index (χ4n) is 2.60. The Kier molecular flexibility index (Phi) is 6.38. The summed E-state index contributed by atoms with van der Waals surface area (Å²) in [4.78, 5) is 24.2. The Hall–Kier alpha value is -2.97. The van der Waals surface area contributed by atoms with E-state index in [0.717, 1.165) is 12.1 Å². The Labute approximate surface area is 178 Å². The van der Waals surface area contributed by atoms with Crippen LogP contribution in [-0.2, 0) is 17.4 Å². The van der Waals surface area contributed by atoms with Crippen molar-refractivity contribution in [3.8, 4) is 0 Å². The Morgan fingerprint density at radius 3 is 2.37 bits per heavy atom. The standard InChI is InChI=1S/C20H13Cl2F3N2O3/c21-14-5-3-11(8-15(14)22)9-18(28)27-16-6-4-12(10-13(16)20(23,24)25)26-19(29)17-2-1-7-30-17/h1-8,10H,9H2,(H,26,29)(H,27,28). The van der Waals surface area contributed by atoms with E-state index in [2.05, 4.69) is 10.6 Å². The lowest BCUT2D eigenvalue weighted by Crippen LogP contribution is -2.19. The van der Waals surface area contributed by atoms with Crippen molar-refractivity contribution in [2.75, 3.05) is 10.6 Å². The number of anilines is 2. The van der Waals surface area contributed by atoms with Crippen molar-refractivity contribution in [1.29, 1.82) is 0 Å². The third-order valence-corrected chi connectivity index (χ3v) is 4.69. The van der Waals surface area contributed by atoms with Crippen molar-refractivity contribution in [3.63, 3.8) is 0 Å². The number of amides is 2. The van der Waals surface area contributed by atoms with Crippen LogP contribution < -0.4 is 10.6 Å². The first-order valence-electron chi connectivity index (χ1n) is 8.43. The van der Waals surface area contributed by atoms with E-state index in [1.807, 2.05) is 0 Å². The van der Waals surface area contributed by atoms with E-state index in [9.17, 15) is 22.8 Å². The molecule has 0 atom stereocenters. The average Bonchev–Trinajstić information content (AvgIpc) is 3.20. The van der Waals surface area contributed by atoms with E-state index in [4.69, 9.17) is 27.6 Å². The summed E-state index contributed by atoms with van der Waals surface area (Å²) < 4.78 is 45.4. The largest absolute Gasteiger partial charge is 0.459 e. The Bertz CT molecular complexity index is 1080. The number of nitrogens with one attached hydrogen (secondary N) is 2. The molecular weight excluding hydrogens is 444 g/mol. The first-order chi connectivity index (χ1) is 14.1. The Morgan fingerprint density at radius 1 is 0.967 bits per heavy atom. The summed E-state index contributed by atoms with van der Waals surface area (Å²) in [6, 6.07) is 10.4. The molecule has 0 saturated carbocycles. The normalized spacial score (nSPS) is 11.2. The topological polar surface area (TPSA) is 71.3 Å². The van der Waals surface area contributed by atoms with E-state index >= 15 is 0 Å². The van der Waals surface area contributed by atoms with Crippen LogP contribution in [-0.4, -0.2) is 11.8 Å². The Morgan fingerprint density at radius 2 is 1.73 bits per heavy atom. The molecule has 0 aliphatic carbocycles. The molecule has 0 bridgehead atoms. The highest BCUT2D eigenvalue weighted by molar-refractivity contribution is 6.42. The van der Waals surface area contributed by atoms with Gasteiger partial charge in [-0.15, -0.1) is 0 Å². The minimum atomic E-state index is -4.77. The van der Waals surface area contributed by atoms with E-state index in [0.29, 0.717) is 10.6 Å². The molecule has 1 heterocycles. The molecule has 3 aromatic rings. The van der Waals surface area contributed by atoms with Crippen molar-refractivity contribution >= 4 is 46.4 Å². The zero-order valence-electron chi connectivity index (χ0n) is 15.0. The number of rotatable bonds is 5. The minimum Gasteiger partial charge on any atom is -0.459 e. The molecule has 2 N–H and O–H groups in total. The molecule has 30 heavy (non-hydrogen) atoms. The monoisotopic (exact) mass is 456 g/mol. The smallest absolute Gasteiger partial charge is 0.418 e. The van der Waals surface area contributed by atoms with Gasteiger partial charge in [0.1, 0.15) is 0 Å². The van der Waals surface area contributed by atoms with Crippen molar-refractivity contribution in [2.24, 2.45) is 0 Å². The van der Waals surface area contributed by atoms with E-state index in [1.54, 1.807) is 6.07 Å². The van der Waals surface area contributed by atoms with Crippen LogP contribution >= 0.6 is 23.2 Å². The highest BCUT2D eigenvalue weighted by Gasteiger charge is 2.34. The summed E-state index contributed by atoms with van der Waals surface area (Å²) >= 11 is 11.7. The van der Waals surface area contributed by atoms with Crippen molar-refractivity contribution < 1.29 is 27.2 Å². The van der Waals surface area contributed by atoms with Crippen LogP contribution in [0.5, 0.6) is 0 Å². The fourth-order valence-corrected chi connectivity index (χ4v) is 2.92. The van der Waals surface area contributed by atoms with Crippen molar-refractivity contribution in [1.82, 2.24) is 0 Å². The van der Waals surface area contributed by atoms with Gasteiger partial charge >= 0.3 is 6.18 Å². The van der Waals surface area contributed by atoms with E-state index in [1.165, 1.54) is 36.6 Å². The third-order valence-electron chi connectivity index (χ3n) is 3.95. The Balaban J connectivity index is 1.78. The summed E-state index contributed by atoms with van der Waals surface area (Å²) in [5, 5.41) is 5.09. The maximum absolute atomic E-state index is 13.5. The molecule has 0 spiro atoms. The molecule has 1 aromatic heterocycles. The maximum Gasteiger partial charge on any atom is 0.418 e. The van der Waals surface area contributed by atoms with Gasteiger partial charge in [-0.25, -0.2) is 0 Å². The lowest BCUT2D eigenvalue weighted by molar-refractivity contribution is -0.136. The molecule has 156 valence electrons. The highest BCUT2D eigenvalue weighted by atomic mass is 35.5. The van der Waals surface area contributed by atoms with Crippen LogP contribution in [0.15, 0.2) is 59.2 Å². The number of alkyl halides is 3. The van der Waals surface area contributed by atoms with Gasteiger partial charge in [0.25, 0.3) is 5.91 Å². The summed E-state index contributed by atoms with van der Waals surface area (Å²) in [5.41, 5.74) is -1.17. The van der Waals surface area contributed by atoms with Gasteiger partial charge in [0.15, 0.2) is 5.76 Å². The molecular formula is C20H13Cl2F3N2O3. The molecule has 10 heteroatoms. The van der Waals surface area contributed by atoms with Gasteiger partial charge in [-0.05, 0) is 48.0 Å². The van der Waals surface area contributed by atoms with E-state index in [-0.39, 0.29) is 22.9 Å². The van der Waals surface area contributed by atoms with Gasteiger partial charge in [-0.1, -0.05) is 29.3 Å². The first-order valence-corrected chi connectivity index (χ1v) is 9.19. The summed E-state index contributed by atoms with van der Waals surface area (Å²) in [5.74, 6) is -1.43. The minimum absolute atomic E-state index is 0.0532. The van der Waals surface area contributed by atoms with Gasteiger partial charge in [-0.3, -0.25) is 9.59 Å². The molecule has 2 aromatic carbocycles. The first kappa shape index (κ1) is 21.7. The van der Waals surface area contributed by atoms with E-state index < -0.39 is 29.2 Å². The maximum atomic E-state index is 13.5. The lowest BCUT2D eigenvalue weighted by atomic mass is 10.1. The molecule has 0 aliphatic rings. The second-order valence-corrected chi connectivity index (χ2v) is 6.98.